The summed E-state index contributed by atoms with van der Waals surface area (Å²) in [5.41, 5.74) is 8.79. The summed E-state index contributed by atoms with van der Waals surface area (Å²) in [6, 6.07) is 5.86. The Bertz CT molecular complexity index is 491. The SMILES string of the molecule is Cc1c(Cl)cccc1-n1cncc1CCN. The summed E-state index contributed by atoms with van der Waals surface area (Å²) in [4.78, 5) is 4.15. The molecule has 0 aliphatic carbocycles. The molecule has 0 unspecified atom stereocenters. The summed E-state index contributed by atoms with van der Waals surface area (Å²) in [5, 5.41) is 0.768. The minimum atomic E-state index is 0.616. The van der Waals surface area contributed by atoms with Gasteiger partial charge in [0.2, 0.25) is 0 Å². The summed E-state index contributed by atoms with van der Waals surface area (Å²) in [5.74, 6) is 0. The van der Waals surface area contributed by atoms with E-state index in [1.807, 2.05) is 35.9 Å². The van der Waals surface area contributed by atoms with E-state index in [4.69, 9.17) is 17.3 Å². The number of nitrogens with zero attached hydrogens (tertiary/aromatic N) is 2. The maximum Gasteiger partial charge on any atom is 0.0994 e. The number of nitrogens with two attached hydrogens (primary N) is 1. The number of benzene rings is 1. The molecular formula is C12H14ClN3. The zero-order valence-corrected chi connectivity index (χ0v) is 9.91. The molecule has 0 amide bonds. The largest absolute Gasteiger partial charge is 0.330 e. The highest BCUT2D eigenvalue weighted by molar-refractivity contribution is 6.31. The van der Waals surface area contributed by atoms with Gasteiger partial charge < -0.3 is 10.3 Å². The second kappa shape index (κ2) is 4.68. The lowest BCUT2D eigenvalue weighted by molar-refractivity contribution is 0.870. The second-order valence-electron chi connectivity index (χ2n) is 3.68. The molecule has 0 aliphatic rings. The molecule has 1 heterocycles. The van der Waals surface area contributed by atoms with Crippen molar-refractivity contribution >= 4 is 11.6 Å². The highest BCUT2D eigenvalue weighted by Crippen LogP contribution is 2.23. The van der Waals surface area contributed by atoms with Gasteiger partial charge >= 0.3 is 0 Å². The van der Waals surface area contributed by atoms with Gasteiger partial charge in [-0.05, 0) is 31.2 Å². The summed E-state index contributed by atoms with van der Waals surface area (Å²) in [6.45, 7) is 2.62. The zero-order valence-electron chi connectivity index (χ0n) is 9.15. The van der Waals surface area contributed by atoms with Crippen LogP contribution in [0.3, 0.4) is 0 Å². The molecule has 84 valence electrons. The van der Waals surface area contributed by atoms with E-state index in [-0.39, 0.29) is 0 Å². The first-order chi connectivity index (χ1) is 7.74. The van der Waals surface area contributed by atoms with Gasteiger partial charge in [-0.3, -0.25) is 0 Å². The molecule has 0 atom stereocenters. The normalized spacial score (nSPS) is 10.7. The van der Waals surface area contributed by atoms with Crippen molar-refractivity contribution in [1.29, 1.82) is 0 Å². The molecule has 0 saturated carbocycles. The minimum absolute atomic E-state index is 0.616. The summed E-state index contributed by atoms with van der Waals surface area (Å²) in [7, 11) is 0. The monoisotopic (exact) mass is 235 g/mol. The van der Waals surface area contributed by atoms with Gasteiger partial charge in [-0.15, -0.1) is 0 Å². The van der Waals surface area contributed by atoms with E-state index in [2.05, 4.69) is 4.98 Å². The van der Waals surface area contributed by atoms with Crippen molar-refractivity contribution in [1.82, 2.24) is 9.55 Å². The van der Waals surface area contributed by atoms with Crippen molar-refractivity contribution in [3.63, 3.8) is 0 Å². The van der Waals surface area contributed by atoms with Gasteiger partial charge in [0.1, 0.15) is 0 Å². The van der Waals surface area contributed by atoms with Gasteiger partial charge in [-0.2, -0.15) is 0 Å². The van der Waals surface area contributed by atoms with Crippen molar-refractivity contribution in [3.8, 4) is 5.69 Å². The lowest BCUT2D eigenvalue weighted by atomic mass is 10.2. The molecule has 0 saturated heterocycles. The van der Waals surface area contributed by atoms with Crippen LogP contribution in [0.5, 0.6) is 0 Å². The van der Waals surface area contributed by atoms with E-state index in [9.17, 15) is 0 Å². The molecule has 2 N–H and O–H groups in total. The van der Waals surface area contributed by atoms with Crippen LogP contribution in [0.1, 0.15) is 11.3 Å². The van der Waals surface area contributed by atoms with E-state index in [1.54, 1.807) is 6.33 Å². The lowest BCUT2D eigenvalue weighted by Gasteiger charge is -2.11. The zero-order chi connectivity index (χ0) is 11.5. The van der Waals surface area contributed by atoms with E-state index in [1.165, 1.54) is 0 Å². The quantitative estimate of drug-likeness (QED) is 0.888. The predicted octanol–water partition coefficient (Wildman–Crippen LogP) is 2.34. The van der Waals surface area contributed by atoms with Crippen molar-refractivity contribution in [2.45, 2.75) is 13.3 Å². The van der Waals surface area contributed by atoms with Crippen molar-refractivity contribution in [2.75, 3.05) is 6.54 Å². The first-order valence-corrected chi connectivity index (χ1v) is 5.58. The minimum Gasteiger partial charge on any atom is -0.330 e. The number of hydrogen-bond acceptors (Lipinski definition) is 2. The fourth-order valence-electron chi connectivity index (χ4n) is 1.73. The number of hydrogen-bond donors (Lipinski definition) is 1. The van der Waals surface area contributed by atoms with Crippen LogP contribution in [0.2, 0.25) is 5.02 Å². The number of rotatable bonds is 3. The van der Waals surface area contributed by atoms with Gasteiger partial charge in [0, 0.05) is 23.3 Å². The Kier molecular flexibility index (Phi) is 3.27. The predicted molar refractivity (Wildman–Crippen MR) is 66.1 cm³/mol. The van der Waals surface area contributed by atoms with E-state index in [0.29, 0.717) is 6.54 Å². The molecule has 0 spiro atoms. The topological polar surface area (TPSA) is 43.8 Å². The lowest BCUT2D eigenvalue weighted by Crippen LogP contribution is -2.08. The third-order valence-corrected chi connectivity index (χ3v) is 3.02. The van der Waals surface area contributed by atoms with Crippen molar-refractivity contribution < 1.29 is 0 Å². The molecule has 0 radical (unpaired) electrons. The van der Waals surface area contributed by atoms with Crippen molar-refractivity contribution in [3.05, 3.63) is 47.0 Å². The van der Waals surface area contributed by atoms with E-state index in [0.717, 1.165) is 28.4 Å². The maximum atomic E-state index is 6.10. The van der Waals surface area contributed by atoms with Gasteiger partial charge in [-0.25, -0.2) is 4.98 Å². The number of halogens is 1. The fourth-order valence-corrected chi connectivity index (χ4v) is 1.90. The molecule has 0 bridgehead atoms. The van der Waals surface area contributed by atoms with Gasteiger partial charge in [0.05, 0.1) is 12.0 Å². The fraction of sp³-hybridized carbons (Fsp3) is 0.250. The Morgan fingerprint density at radius 3 is 3.00 bits per heavy atom. The van der Waals surface area contributed by atoms with Crippen molar-refractivity contribution in [2.24, 2.45) is 5.73 Å². The highest BCUT2D eigenvalue weighted by atomic mass is 35.5. The second-order valence-corrected chi connectivity index (χ2v) is 4.08. The molecule has 0 fully saturated rings. The van der Waals surface area contributed by atoms with Crippen LogP contribution in [-0.4, -0.2) is 16.1 Å². The Balaban J connectivity index is 2.50. The molecular weight excluding hydrogens is 222 g/mol. The number of aromatic nitrogens is 2. The van der Waals surface area contributed by atoms with Crippen LogP contribution in [0.4, 0.5) is 0 Å². The third-order valence-electron chi connectivity index (χ3n) is 2.61. The molecule has 2 aromatic rings. The molecule has 2 rings (SSSR count). The van der Waals surface area contributed by atoms with Crippen LogP contribution < -0.4 is 5.73 Å². The average molecular weight is 236 g/mol. The molecule has 3 nitrogen and oxygen atoms in total. The van der Waals surface area contributed by atoms with E-state index < -0.39 is 0 Å². The first-order valence-electron chi connectivity index (χ1n) is 5.21. The summed E-state index contributed by atoms with van der Waals surface area (Å²) in [6.07, 6.45) is 4.45. The van der Waals surface area contributed by atoms with Crippen LogP contribution >= 0.6 is 11.6 Å². The van der Waals surface area contributed by atoms with E-state index >= 15 is 0 Å². The Morgan fingerprint density at radius 1 is 1.44 bits per heavy atom. The third kappa shape index (κ3) is 1.96. The Morgan fingerprint density at radius 2 is 2.25 bits per heavy atom. The molecule has 1 aromatic heterocycles. The standard InChI is InChI=1S/C12H14ClN3/c1-9-11(13)3-2-4-12(9)16-8-15-7-10(16)5-6-14/h2-4,7-8H,5-6,14H2,1H3. The Labute approximate surface area is 99.9 Å². The van der Waals surface area contributed by atoms with Crippen LogP contribution in [0.15, 0.2) is 30.7 Å². The van der Waals surface area contributed by atoms with Gasteiger partial charge in [0.25, 0.3) is 0 Å². The summed E-state index contributed by atoms with van der Waals surface area (Å²) < 4.78 is 2.04. The van der Waals surface area contributed by atoms with Crippen LogP contribution in [0, 0.1) is 6.92 Å². The average Bonchev–Trinajstić information content (AvgIpc) is 2.71. The number of imidazole rings is 1. The molecule has 0 aliphatic heterocycles. The maximum absolute atomic E-state index is 6.10. The molecule has 4 heteroatoms. The van der Waals surface area contributed by atoms with Gasteiger partial charge in [0.15, 0.2) is 0 Å². The highest BCUT2D eigenvalue weighted by Gasteiger charge is 2.07. The molecule has 16 heavy (non-hydrogen) atoms. The first kappa shape index (κ1) is 11.2. The van der Waals surface area contributed by atoms with Crippen LogP contribution in [0.25, 0.3) is 5.69 Å². The molecule has 1 aromatic carbocycles. The van der Waals surface area contributed by atoms with Crippen LogP contribution in [-0.2, 0) is 6.42 Å². The Hall–Kier alpha value is -1.32. The van der Waals surface area contributed by atoms with Gasteiger partial charge in [-0.1, -0.05) is 17.7 Å². The summed E-state index contributed by atoms with van der Waals surface area (Å²) >= 11 is 6.10. The smallest absolute Gasteiger partial charge is 0.0994 e.